The van der Waals surface area contributed by atoms with Crippen LogP contribution in [-0.4, -0.2) is 31.1 Å². The van der Waals surface area contributed by atoms with Gasteiger partial charge in [0.25, 0.3) is 0 Å². The molecule has 0 aliphatic carbocycles. The quantitative estimate of drug-likeness (QED) is 0.519. The van der Waals surface area contributed by atoms with Gasteiger partial charge >= 0.3 is 0 Å². The van der Waals surface area contributed by atoms with Crippen molar-refractivity contribution in [2.45, 2.75) is 25.0 Å². The van der Waals surface area contributed by atoms with Crippen LogP contribution in [0.3, 0.4) is 0 Å². The number of hydrogen-bond acceptors (Lipinski definition) is 2. The van der Waals surface area contributed by atoms with Crippen molar-refractivity contribution in [2.75, 3.05) is 13.6 Å². The molecule has 0 spiro atoms. The lowest BCUT2D eigenvalue weighted by molar-refractivity contribution is 0.506. The molecule has 0 bridgehead atoms. The minimum Gasteiger partial charge on any atom is -0.212 e. The van der Waals surface area contributed by atoms with Crippen molar-refractivity contribution in [2.24, 2.45) is 0 Å². The van der Waals surface area contributed by atoms with Crippen molar-refractivity contribution in [3.63, 3.8) is 0 Å². The van der Waals surface area contributed by atoms with Crippen LogP contribution in [0.25, 0.3) is 0 Å². The lowest BCUT2D eigenvalue weighted by Crippen LogP contribution is -2.32. The highest BCUT2D eigenvalue weighted by molar-refractivity contribution is 7.90. The number of rotatable bonds is 0. The van der Waals surface area contributed by atoms with Gasteiger partial charge < -0.3 is 0 Å². The molecule has 0 amide bonds. The third-order valence-corrected chi connectivity index (χ3v) is 4.74. The van der Waals surface area contributed by atoms with E-state index in [1.165, 1.54) is 4.31 Å². The van der Waals surface area contributed by atoms with E-state index in [1.54, 1.807) is 20.9 Å². The zero-order chi connectivity index (χ0) is 7.99. The van der Waals surface area contributed by atoms with Crippen molar-refractivity contribution < 1.29 is 8.42 Å². The zero-order valence-electron chi connectivity index (χ0n) is 6.59. The highest BCUT2D eigenvalue weighted by Gasteiger charge is 2.43. The van der Waals surface area contributed by atoms with Crippen molar-refractivity contribution in [1.29, 1.82) is 0 Å². The van der Waals surface area contributed by atoms with Gasteiger partial charge in [-0.1, -0.05) is 0 Å². The Bertz CT molecular complexity index is 230. The fourth-order valence-electron chi connectivity index (χ4n) is 1.10. The first kappa shape index (κ1) is 8.01. The molecule has 3 nitrogen and oxygen atoms in total. The smallest absolute Gasteiger partial charge is 0.212 e. The van der Waals surface area contributed by atoms with Gasteiger partial charge in [0.15, 0.2) is 0 Å². The predicted octanol–water partition coefficient (Wildman–Crippen LogP) is 0.430. The van der Waals surface area contributed by atoms with Crippen LogP contribution in [0, 0.1) is 0 Å². The molecule has 60 valence electrons. The van der Waals surface area contributed by atoms with Gasteiger partial charge in [0.1, 0.15) is 0 Å². The molecule has 1 fully saturated rings. The predicted molar refractivity (Wildman–Crippen MR) is 40.2 cm³/mol. The Balaban J connectivity index is 3.09. The number of sulfonamides is 1. The standard InChI is InChI=1S/C6H13NO2S/c1-6(2)4-5-7(3)10(6,8)9/h4-5H2,1-3H3. The first-order chi connectivity index (χ1) is 4.38. The Kier molecular flexibility index (Phi) is 1.56. The molecule has 1 rings (SSSR count). The average Bonchev–Trinajstić information content (AvgIpc) is 1.94. The second kappa shape index (κ2) is 1.95. The molecule has 0 saturated carbocycles. The summed E-state index contributed by atoms with van der Waals surface area (Å²) in [6, 6.07) is 0. The average molecular weight is 163 g/mol. The second-order valence-corrected chi connectivity index (χ2v) is 6.01. The lowest BCUT2D eigenvalue weighted by Gasteiger charge is -2.16. The summed E-state index contributed by atoms with van der Waals surface area (Å²) in [7, 11) is -1.34. The second-order valence-electron chi connectivity index (χ2n) is 3.34. The number of hydrogen-bond donors (Lipinski definition) is 0. The largest absolute Gasteiger partial charge is 0.219 e. The van der Waals surface area contributed by atoms with E-state index >= 15 is 0 Å². The van der Waals surface area contributed by atoms with E-state index < -0.39 is 14.8 Å². The molecule has 0 aromatic carbocycles. The fraction of sp³-hybridized carbons (Fsp3) is 1.00. The number of nitrogens with zero attached hydrogens (tertiary/aromatic N) is 1. The molecular formula is C6H13NO2S. The molecule has 0 aromatic rings. The molecule has 0 radical (unpaired) electrons. The SMILES string of the molecule is CN1CCC(C)(C)S1(=O)=O. The lowest BCUT2D eigenvalue weighted by atomic mass is 10.1. The Morgan fingerprint density at radius 1 is 1.40 bits per heavy atom. The minimum absolute atomic E-state index is 0.540. The maximum atomic E-state index is 11.3. The van der Waals surface area contributed by atoms with Crippen molar-refractivity contribution >= 4 is 10.0 Å². The molecule has 0 unspecified atom stereocenters. The van der Waals surface area contributed by atoms with Gasteiger partial charge in [-0.15, -0.1) is 0 Å². The van der Waals surface area contributed by atoms with Gasteiger partial charge in [0.2, 0.25) is 10.0 Å². The highest BCUT2D eigenvalue weighted by atomic mass is 32.2. The molecule has 0 atom stereocenters. The van der Waals surface area contributed by atoms with Crippen LogP contribution in [0.4, 0.5) is 0 Å². The van der Waals surface area contributed by atoms with Gasteiger partial charge in [-0.05, 0) is 20.3 Å². The van der Waals surface area contributed by atoms with E-state index in [0.717, 1.165) is 6.42 Å². The fourth-order valence-corrected chi connectivity index (χ4v) is 2.62. The summed E-state index contributed by atoms with van der Waals surface area (Å²) in [5.41, 5.74) is 0. The molecule has 1 aliphatic rings. The highest BCUT2D eigenvalue weighted by Crippen LogP contribution is 2.30. The van der Waals surface area contributed by atoms with Crippen LogP contribution < -0.4 is 0 Å². The first-order valence-electron chi connectivity index (χ1n) is 3.34. The van der Waals surface area contributed by atoms with Crippen LogP contribution >= 0.6 is 0 Å². The summed E-state index contributed by atoms with van der Waals surface area (Å²) in [6.07, 6.45) is 0.742. The summed E-state index contributed by atoms with van der Waals surface area (Å²) in [5.74, 6) is 0. The van der Waals surface area contributed by atoms with Crippen molar-refractivity contribution in [3.05, 3.63) is 0 Å². The third kappa shape index (κ3) is 0.864. The monoisotopic (exact) mass is 163 g/mol. The summed E-state index contributed by atoms with van der Waals surface area (Å²) >= 11 is 0. The van der Waals surface area contributed by atoms with Crippen LogP contribution in [0.2, 0.25) is 0 Å². The van der Waals surface area contributed by atoms with Gasteiger partial charge in [-0.2, -0.15) is 0 Å². The third-order valence-electron chi connectivity index (χ3n) is 2.14. The molecular weight excluding hydrogens is 150 g/mol. The molecule has 1 saturated heterocycles. The van der Waals surface area contributed by atoms with Crippen LogP contribution in [0.1, 0.15) is 20.3 Å². The van der Waals surface area contributed by atoms with E-state index in [2.05, 4.69) is 0 Å². The topological polar surface area (TPSA) is 37.4 Å². The zero-order valence-corrected chi connectivity index (χ0v) is 7.40. The van der Waals surface area contributed by atoms with Crippen LogP contribution in [-0.2, 0) is 10.0 Å². The van der Waals surface area contributed by atoms with E-state index in [4.69, 9.17) is 0 Å². The van der Waals surface area contributed by atoms with E-state index in [1.807, 2.05) is 0 Å². The molecule has 4 heteroatoms. The summed E-state index contributed by atoms with van der Waals surface area (Å²) < 4.78 is 23.6. The van der Waals surface area contributed by atoms with Gasteiger partial charge in [0.05, 0.1) is 4.75 Å². The maximum absolute atomic E-state index is 11.3. The normalized spacial score (nSPS) is 30.7. The van der Waals surface area contributed by atoms with Crippen molar-refractivity contribution in [3.8, 4) is 0 Å². The van der Waals surface area contributed by atoms with Gasteiger partial charge in [0, 0.05) is 13.6 Å². The van der Waals surface area contributed by atoms with Gasteiger partial charge in [-0.3, -0.25) is 0 Å². The van der Waals surface area contributed by atoms with E-state index in [-0.39, 0.29) is 0 Å². The van der Waals surface area contributed by atoms with E-state index in [9.17, 15) is 8.42 Å². The molecule has 0 aromatic heterocycles. The Morgan fingerprint density at radius 2 is 1.90 bits per heavy atom. The molecule has 1 aliphatic heterocycles. The summed E-state index contributed by atoms with van der Waals surface area (Å²) in [6.45, 7) is 4.20. The van der Waals surface area contributed by atoms with Crippen molar-refractivity contribution in [1.82, 2.24) is 4.31 Å². The Morgan fingerprint density at radius 3 is 2.00 bits per heavy atom. The van der Waals surface area contributed by atoms with Gasteiger partial charge in [-0.25, -0.2) is 12.7 Å². The molecule has 0 N–H and O–H groups in total. The maximum Gasteiger partial charge on any atom is 0.219 e. The van der Waals surface area contributed by atoms with E-state index in [0.29, 0.717) is 6.54 Å². The summed E-state index contributed by atoms with van der Waals surface area (Å²) in [5, 5.41) is 0. The van der Waals surface area contributed by atoms with Crippen LogP contribution in [0.5, 0.6) is 0 Å². The molecule has 1 heterocycles. The van der Waals surface area contributed by atoms with Crippen LogP contribution in [0.15, 0.2) is 0 Å². The first-order valence-corrected chi connectivity index (χ1v) is 4.78. The summed E-state index contributed by atoms with van der Waals surface area (Å²) in [4.78, 5) is 0. The minimum atomic E-state index is -2.97. The Labute approximate surface area is 62.1 Å². The molecule has 10 heavy (non-hydrogen) atoms. The Hall–Kier alpha value is -0.0900.